The summed E-state index contributed by atoms with van der Waals surface area (Å²) in [6, 6.07) is 2.97. The first-order chi connectivity index (χ1) is 8.49. The van der Waals surface area contributed by atoms with Crippen LogP contribution in [-0.2, 0) is 0 Å². The summed E-state index contributed by atoms with van der Waals surface area (Å²) in [6.45, 7) is 4.33. The Morgan fingerprint density at radius 2 is 1.58 bits per heavy atom. The second kappa shape index (κ2) is 8.12. The lowest BCUT2D eigenvalue weighted by molar-refractivity contribution is 0.366. The number of phenols is 1. The van der Waals surface area contributed by atoms with Crippen molar-refractivity contribution in [2.45, 2.75) is 32.7 Å². The molecule has 0 saturated heterocycles. The van der Waals surface area contributed by atoms with Gasteiger partial charge in [-0.1, -0.05) is 13.8 Å². The second-order valence-corrected chi connectivity index (χ2v) is 4.84. The van der Waals surface area contributed by atoms with Gasteiger partial charge >= 0.3 is 0 Å². The number of aromatic hydroxyl groups is 1. The number of ether oxygens (including phenoxy) is 2. The second-order valence-electron chi connectivity index (χ2n) is 4.84. The van der Waals surface area contributed by atoms with E-state index in [1.165, 1.54) is 0 Å². The van der Waals surface area contributed by atoms with Crippen LogP contribution in [0.3, 0.4) is 0 Å². The zero-order valence-corrected chi connectivity index (χ0v) is 12.8. The van der Waals surface area contributed by atoms with Gasteiger partial charge in [-0.3, -0.25) is 0 Å². The quantitative estimate of drug-likeness (QED) is 0.843. The minimum Gasteiger partial charge on any atom is -0.508 e. The highest BCUT2D eigenvalue weighted by molar-refractivity contribution is 5.85. The van der Waals surface area contributed by atoms with Gasteiger partial charge in [0.2, 0.25) is 0 Å². The number of nitrogens with two attached hydrogens (primary N) is 1. The van der Waals surface area contributed by atoms with Crippen LogP contribution in [0.4, 0.5) is 0 Å². The highest BCUT2D eigenvalue weighted by atomic mass is 35.5. The molecule has 1 aromatic carbocycles. The first kappa shape index (κ1) is 17.9. The van der Waals surface area contributed by atoms with E-state index >= 15 is 0 Å². The van der Waals surface area contributed by atoms with Gasteiger partial charge in [-0.15, -0.1) is 12.4 Å². The molecule has 0 fully saturated rings. The summed E-state index contributed by atoms with van der Waals surface area (Å²) in [5, 5.41) is 9.58. The lowest BCUT2D eigenvalue weighted by Crippen LogP contribution is -2.14. The van der Waals surface area contributed by atoms with E-state index in [1.54, 1.807) is 26.4 Å². The molecule has 0 radical (unpaired) electrons. The summed E-state index contributed by atoms with van der Waals surface area (Å²) in [5.41, 5.74) is 7.02. The molecule has 0 unspecified atom stereocenters. The Kier molecular flexibility index (Phi) is 7.64. The third kappa shape index (κ3) is 4.80. The van der Waals surface area contributed by atoms with Crippen molar-refractivity contribution in [3.05, 3.63) is 17.7 Å². The summed E-state index contributed by atoms with van der Waals surface area (Å²) in [7, 11) is 3.12. The maximum atomic E-state index is 9.58. The summed E-state index contributed by atoms with van der Waals surface area (Å²) in [5.74, 6) is 1.86. The molecule has 0 bridgehead atoms. The normalized spacial score (nSPS) is 11.9. The average Bonchev–Trinajstić information content (AvgIpc) is 2.34. The molecule has 0 saturated carbocycles. The van der Waals surface area contributed by atoms with Crippen LogP contribution in [0.5, 0.6) is 17.2 Å². The zero-order valence-electron chi connectivity index (χ0n) is 12.0. The number of hydrogen-bond acceptors (Lipinski definition) is 4. The average molecular weight is 290 g/mol. The molecule has 1 aromatic rings. The fraction of sp³-hybridized carbons (Fsp3) is 0.571. The number of hydrogen-bond donors (Lipinski definition) is 2. The Morgan fingerprint density at radius 3 is 1.95 bits per heavy atom. The molecule has 0 aliphatic rings. The van der Waals surface area contributed by atoms with Crippen LogP contribution < -0.4 is 15.2 Å². The van der Waals surface area contributed by atoms with Crippen LogP contribution in [0, 0.1) is 5.92 Å². The minimum absolute atomic E-state index is 0. The molecule has 19 heavy (non-hydrogen) atoms. The van der Waals surface area contributed by atoms with E-state index in [1.807, 2.05) is 0 Å². The molecule has 4 nitrogen and oxygen atoms in total. The SMILES string of the molecule is COc1cc(O)cc(OC)c1[C@@H](N)CCC(C)C.Cl. The Labute approximate surface area is 121 Å². The van der Waals surface area contributed by atoms with E-state index in [4.69, 9.17) is 15.2 Å². The first-order valence-electron chi connectivity index (χ1n) is 6.20. The monoisotopic (exact) mass is 289 g/mol. The van der Waals surface area contributed by atoms with Crippen LogP contribution >= 0.6 is 12.4 Å². The topological polar surface area (TPSA) is 64.7 Å². The zero-order chi connectivity index (χ0) is 13.7. The number of benzene rings is 1. The lowest BCUT2D eigenvalue weighted by atomic mass is 9.96. The van der Waals surface area contributed by atoms with Crippen LogP contribution in [0.2, 0.25) is 0 Å². The maximum absolute atomic E-state index is 9.58. The van der Waals surface area contributed by atoms with Gasteiger partial charge in [-0.25, -0.2) is 0 Å². The summed E-state index contributed by atoms with van der Waals surface area (Å²) in [6.07, 6.45) is 1.89. The van der Waals surface area contributed by atoms with Crippen LogP contribution in [-0.4, -0.2) is 19.3 Å². The molecular formula is C14H24ClNO3. The van der Waals surface area contributed by atoms with Crippen molar-refractivity contribution in [3.63, 3.8) is 0 Å². The molecule has 0 amide bonds. The van der Waals surface area contributed by atoms with Gasteiger partial charge in [0, 0.05) is 18.2 Å². The van der Waals surface area contributed by atoms with E-state index in [-0.39, 0.29) is 24.2 Å². The van der Waals surface area contributed by atoms with Crippen LogP contribution in [0.15, 0.2) is 12.1 Å². The fourth-order valence-corrected chi connectivity index (χ4v) is 1.95. The maximum Gasteiger partial charge on any atom is 0.131 e. The van der Waals surface area contributed by atoms with Crippen LogP contribution in [0.25, 0.3) is 0 Å². The van der Waals surface area contributed by atoms with Gasteiger partial charge in [0.1, 0.15) is 17.2 Å². The smallest absolute Gasteiger partial charge is 0.131 e. The van der Waals surface area contributed by atoms with Gasteiger partial charge in [-0.05, 0) is 18.8 Å². The molecule has 5 heteroatoms. The van der Waals surface area contributed by atoms with Gasteiger partial charge in [0.25, 0.3) is 0 Å². The van der Waals surface area contributed by atoms with Crippen molar-refractivity contribution in [3.8, 4) is 17.2 Å². The molecule has 3 N–H and O–H groups in total. The Morgan fingerprint density at radius 1 is 1.11 bits per heavy atom. The lowest BCUT2D eigenvalue weighted by Gasteiger charge is -2.20. The van der Waals surface area contributed by atoms with E-state index in [9.17, 15) is 5.11 Å². The predicted molar refractivity (Wildman–Crippen MR) is 79.5 cm³/mol. The largest absolute Gasteiger partial charge is 0.508 e. The van der Waals surface area contributed by atoms with Gasteiger partial charge in [0.05, 0.1) is 19.8 Å². The van der Waals surface area contributed by atoms with Crippen molar-refractivity contribution >= 4 is 12.4 Å². The van der Waals surface area contributed by atoms with E-state index in [0.29, 0.717) is 17.4 Å². The minimum atomic E-state index is -0.155. The molecular weight excluding hydrogens is 266 g/mol. The molecule has 0 aliphatic heterocycles. The number of halogens is 1. The Bertz CT molecular complexity index is 371. The van der Waals surface area contributed by atoms with Gasteiger partial charge in [-0.2, -0.15) is 0 Å². The van der Waals surface area contributed by atoms with E-state index < -0.39 is 0 Å². The molecule has 0 aromatic heterocycles. The summed E-state index contributed by atoms with van der Waals surface area (Å²) >= 11 is 0. The van der Waals surface area contributed by atoms with Crippen molar-refractivity contribution in [2.24, 2.45) is 11.7 Å². The highest BCUT2D eigenvalue weighted by Crippen LogP contribution is 2.38. The molecule has 0 aliphatic carbocycles. The fourth-order valence-electron chi connectivity index (χ4n) is 1.95. The highest BCUT2D eigenvalue weighted by Gasteiger charge is 2.19. The molecule has 0 heterocycles. The summed E-state index contributed by atoms with van der Waals surface area (Å²) in [4.78, 5) is 0. The van der Waals surface area contributed by atoms with Crippen molar-refractivity contribution in [2.75, 3.05) is 14.2 Å². The molecule has 110 valence electrons. The van der Waals surface area contributed by atoms with Gasteiger partial charge < -0.3 is 20.3 Å². The first-order valence-corrected chi connectivity index (χ1v) is 6.20. The van der Waals surface area contributed by atoms with Crippen LogP contribution in [0.1, 0.15) is 38.3 Å². The molecule has 1 atom stereocenters. The number of phenolic OH excluding ortho intramolecular Hbond substituents is 1. The molecule has 0 spiro atoms. The van der Waals surface area contributed by atoms with Gasteiger partial charge in [0.15, 0.2) is 0 Å². The Balaban J connectivity index is 0.00000324. The van der Waals surface area contributed by atoms with Crippen molar-refractivity contribution in [1.82, 2.24) is 0 Å². The molecule has 1 rings (SSSR count). The van der Waals surface area contributed by atoms with Crippen molar-refractivity contribution < 1.29 is 14.6 Å². The third-order valence-electron chi connectivity index (χ3n) is 2.95. The van der Waals surface area contributed by atoms with E-state index in [0.717, 1.165) is 18.4 Å². The standard InChI is InChI=1S/C14H23NO3.ClH/c1-9(2)5-6-11(15)14-12(17-3)7-10(16)8-13(14)18-4;/h7-9,11,16H,5-6,15H2,1-4H3;1H/t11-;/m0./s1. The van der Waals surface area contributed by atoms with E-state index in [2.05, 4.69) is 13.8 Å². The van der Waals surface area contributed by atoms with Crippen molar-refractivity contribution in [1.29, 1.82) is 0 Å². The predicted octanol–water partition coefficient (Wildman–Crippen LogP) is 3.27. The third-order valence-corrected chi connectivity index (χ3v) is 2.95. The summed E-state index contributed by atoms with van der Waals surface area (Å²) < 4.78 is 10.6. The number of rotatable bonds is 6. The number of methoxy groups -OCH3 is 2. The Hall–Kier alpha value is -1.13.